The van der Waals surface area contributed by atoms with Gasteiger partial charge in [0.05, 0.1) is 12.6 Å². The van der Waals surface area contributed by atoms with Gasteiger partial charge >= 0.3 is 0 Å². The smallest absolute Gasteiger partial charge is 0.237 e. The molecule has 1 aliphatic heterocycles. The van der Waals surface area contributed by atoms with E-state index in [1.807, 2.05) is 6.92 Å². The van der Waals surface area contributed by atoms with Gasteiger partial charge in [-0.2, -0.15) is 0 Å². The van der Waals surface area contributed by atoms with E-state index in [4.69, 9.17) is 0 Å². The molecule has 1 saturated heterocycles. The predicted molar refractivity (Wildman–Crippen MR) is 125 cm³/mol. The third kappa shape index (κ3) is 6.78. The third-order valence-electron chi connectivity index (χ3n) is 6.94. The first kappa shape index (κ1) is 23.7. The van der Waals surface area contributed by atoms with Crippen LogP contribution in [0.1, 0.15) is 54.9 Å². The number of benzene rings is 1. The molecule has 2 amide bonds. The Bertz CT molecular complexity index is 742. The van der Waals surface area contributed by atoms with Crippen molar-refractivity contribution in [1.29, 1.82) is 0 Å². The minimum Gasteiger partial charge on any atom is -0.355 e. The summed E-state index contributed by atoms with van der Waals surface area (Å²) in [5, 5.41) is 6.29. The summed E-state index contributed by atoms with van der Waals surface area (Å²) in [6.07, 6.45) is 5.55. The van der Waals surface area contributed by atoms with Crippen LogP contribution in [0.25, 0.3) is 0 Å². The molecule has 6 heteroatoms. The number of amides is 2. The van der Waals surface area contributed by atoms with Gasteiger partial charge in [-0.15, -0.1) is 0 Å². The number of rotatable bonds is 8. The van der Waals surface area contributed by atoms with Crippen molar-refractivity contribution >= 4 is 11.8 Å². The highest BCUT2D eigenvalue weighted by molar-refractivity contribution is 5.81. The molecule has 3 rings (SSSR count). The quantitative estimate of drug-likeness (QED) is 0.667. The largest absolute Gasteiger partial charge is 0.355 e. The van der Waals surface area contributed by atoms with Gasteiger partial charge < -0.3 is 10.6 Å². The molecule has 1 aromatic rings. The van der Waals surface area contributed by atoms with Crippen molar-refractivity contribution in [3.05, 3.63) is 34.4 Å². The monoisotopic (exact) mass is 428 g/mol. The highest BCUT2D eigenvalue weighted by atomic mass is 16.2. The summed E-state index contributed by atoms with van der Waals surface area (Å²) in [5.74, 6) is 0.239. The topological polar surface area (TPSA) is 64.7 Å². The third-order valence-corrected chi connectivity index (χ3v) is 6.94. The van der Waals surface area contributed by atoms with E-state index in [0.29, 0.717) is 19.1 Å². The van der Waals surface area contributed by atoms with E-state index in [0.717, 1.165) is 45.4 Å². The molecule has 172 valence electrons. The van der Waals surface area contributed by atoms with E-state index in [9.17, 15) is 9.59 Å². The summed E-state index contributed by atoms with van der Waals surface area (Å²) >= 11 is 0. The van der Waals surface area contributed by atoms with Crippen LogP contribution in [-0.4, -0.2) is 73.0 Å². The number of hydrogen-bond acceptors (Lipinski definition) is 4. The second-order valence-electron chi connectivity index (χ2n) is 9.46. The Hall–Kier alpha value is -1.92. The second-order valence-corrected chi connectivity index (χ2v) is 9.46. The highest BCUT2D eigenvalue weighted by Crippen LogP contribution is 2.18. The van der Waals surface area contributed by atoms with Gasteiger partial charge in [-0.3, -0.25) is 19.4 Å². The van der Waals surface area contributed by atoms with E-state index < -0.39 is 0 Å². The summed E-state index contributed by atoms with van der Waals surface area (Å²) in [6.45, 7) is 12.8. The number of piperazine rings is 1. The van der Waals surface area contributed by atoms with Crippen LogP contribution < -0.4 is 10.6 Å². The Morgan fingerprint density at radius 3 is 2.26 bits per heavy atom. The number of aryl methyl sites for hydroxylation is 3. The van der Waals surface area contributed by atoms with Crippen LogP contribution in [0.3, 0.4) is 0 Å². The van der Waals surface area contributed by atoms with E-state index in [1.165, 1.54) is 35.1 Å². The van der Waals surface area contributed by atoms with Crippen LogP contribution >= 0.6 is 0 Å². The predicted octanol–water partition coefficient (Wildman–Crippen LogP) is 2.34. The zero-order valence-electron chi connectivity index (χ0n) is 19.8. The minimum atomic E-state index is -0.0995. The lowest BCUT2D eigenvalue weighted by Crippen LogP contribution is -2.55. The van der Waals surface area contributed by atoms with Crippen molar-refractivity contribution in [2.75, 3.05) is 39.3 Å². The molecule has 1 saturated carbocycles. The fourth-order valence-corrected chi connectivity index (χ4v) is 5.06. The molecule has 1 aliphatic carbocycles. The number of hydrogen-bond donors (Lipinski definition) is 2. The standard InChI is InChI=1S/C25H40N4O2/c1-18-15-19(2)23(20(3)16-18)9-10-26-24(30)17-28-11-13-29(14-12-28)21(4)25(31)27-22-7-5-6-8-22/h15-16,21-22H,5-14,17H2,1-4H3,(H,26,30)(H,27,31). The fraction of sp³-hybridized carbons (Fsp3) is 0.680. The van der Waals surface area contributed by atoms with Gasteiger partial charge in [0.1, 0.15) is 0 Å². The molecule has 2 fully saturated rings. The van der Waals surface area contributed by atoms with Gasteiger partial charge in [0.2, 0.25) is 11.8 Å². The lowest BCUT2D eigenvalue weighted by molar-refractivity contribution is -0.128. The average Bonchev–Trinajstić information content (AvgIpc) is 3.23. The fourth-order valence-electron chi connectivity index (χ4n) is 5.06. The summed E-state index contributed by atoms with van der Waals surface area (Å²) in [5.41, 5.74) is 5.22. The second kappa shape index (κ2) is 11.1. The molecule has 1 aromatic carbocycles. The van der Waals surface area contributed by atoms with Gasteiger partial charge in [0.15, 0.2) is 0 Å². The normalized spacial score (nSPS) is 19.4. The SMILES string of the molecule is Cc1cc(C)c(CCNC(=O)CN2CCN(C(C)C(=O)NC3CCCC3)CC2)c(C)c1. The molecule has 6 nitrogen and oxygen atoms in total. The summed E-state index contributed by atoms with van der Waals surface area (Å²) in [7, 11) is 0. The van der Waals surface area contributed by atoms with E-state index in [1.54, 1.807) is 0 Å². The van der Waals surface area contributed by atoms with Gasteiger partial charge in [0, 0.05) is 38.8 Å². The first-order chi connectivity index (χ1) is 14.8. The molecule has 0 spiro atoms. The van der Waals surface area contributed by atoms with Crippen molar-refractivity contribution in [2.45, 2.75) is 71.9 Å². The molecule has 2 aliphatic rings. The van der Waals surface area contributed by atoms with Gasteiger partial charge in [-0.1, -0.05) is 30.5 Å². The van der Waals surface area contributed by atoms with E-state index >= 15 is 0 Å². The first-order valence-electron chi connectivity index (χ1n) is 11.9. The zero-order chi connectivity index (χ0) is 22.4. The first-order valence-corrected chi connectivity index (χ1v) is 11.9. The van der Waals surface area contributed by atoms with Crippen molar-refractivity contribution in [2.24, 2.45) is 0 Å². The van der Waals surface area contributed by atoms with Gasteiger partial charge in [-0.25, -0.2) is 0 Å². The lowest BCUT2D eigenvalue weighted by atomic mass is 9.97. The van der Waals surface area contributed by atoms with Crippen LogP contribution in [0.4, 0.5) is 0 Å². The van der Waals surface area contributed by atoms with Gasteiger partial charge in [0.25, 0.3) is 0 Å². The van der Waals surface area contributed by atoms with Crippen molar-refractivity contribution < 1.29 is 9.59 Å². The van der Waals surface area contributed by atoms with Crippen molar-refractivity contribution in [3.63, 3.8) is 0 Å². The van der Waals surface area contributed by atoms with Crippen LogP contribution in [-0.2, 0) is 16.0 Å². The minimum absolute atomic E-state index is 0.0860. The Kier molecular flexibility index (Phi) is 8.50. The zero-order valence-corrected chi connectivity index (χ0v) is 19.8. The van der Waals surface area contributed by atoms with Crippen LogP contribution in [0.15, 0.2) is 12.1 Å². The Morgan fingerprint density at radius 2 is 1.65 bits per heavy atom. The maximum atomic E-state index is 12.5. The summed E-state index contributed by atoms with van der Waals surface area (Å²) in [4.78, 5) is 29.4. The van der Waals surface area contributed by atoms with E-state index in [2.05, 4.69) is 53.3 Å². The van der Waals surface area contributed by atoms with Crippen LogP contribution in [0, 0.1) is 20.8 Å². The van der Waals surface area contributed by atoms with Crippen molar-refractivity contribution in [1.82, 2.24) is 20.4 Å². The Balaban J connectivity index is 1.35. The van der Waals surface area contributed by atoms with Gasteiger partial charge in [-0.05, 0) is 63.6 Å². The maximum Gasteiger partial charge on any atom is 0.237 e. The molecule has 31 heavy (non-hydrogen) atoms. The number of nitrogens with zero attached hydrogens (tertiary/aromatic N) is 2. The molecule has 1 unspecified atom stereocenters. The Morgan fingerprint density at radius 1 is 1.03 bits per heavy atom. The van der Waals surface area contributed by atoms with Crippen LogP contribution in [0.5, 0.6) is 0 Å². The molecule has 0 aromatic heterocycles. The molecule has 0 radical (unpaired) electrons. The summed E-state index contributed by atoms with van der Waals surface area (Å²) < 4.78 is 0. The molecular weight excluding hydrogens is 388 g/mol. The summed E-state index contributed by atoms with van der Waals surface area (Å²) in [6, 6.07) is 4.68. The maximum absolute atomic E-state index is 12.5. The van der Waals surface area contributed by atoms with E-state index in [-0.39, 0.29) is 17.9 Å². The number of carbonyl (C=O) groups is 2. The van der Waals surface area contributed by atoms with Crippen LogP contribution in [0.2, 0.25) is 0 Å². The lowest BCUT2D eigenvalue weighted by Gasteiger charge is -2.37. The van der Waals surface area contributed by atoms with Crippen molar-refractivity contribution in [3.8, 4) is 0 Å². The number of carbonyl (C=O) groups excluding carboxylic acids is 2. The Labute approximate surface area is 187 Å². The highest BCUT2D eigenvalue weighted by Gasteiger charge is 2.28. The molecule has 0 bridgehead atoms. The number of nitrogens with one attached hydrogen (secondary N) is 2. The molecular formula is C25H40N4O2. The molecule has 1 heterocycles. The molecule has 1 atom stereocenters. The molecule has 2 N–H and O–H groups in total. The average molecular weight is 429 g/mol.